The first-order valence-electron chi connectivity index (χ1n) is 5.81. The maximum absolute atomic E-state index is 14.0. The lowest BCUT2D eigenvalue weighted by Gasteiger charge is -2.08. The third-order valence-corrected chi connectivity index (χ3v) is 4.03. The van der Waals surface area contributed by atoms with E-state index in [9.17, 15) is 12.8 Å². The normalized spacial score (nSPS) is 15.6. The summed E-state index contributed by atoms with van der Waals surface area (Å²) in [6.45, 7) is 0. The van der Waals surface area contributed by atoms with E-state index in [2.05, 4.69) is 10.2 Å². The molecule has 1 saturated carbocycles. The molecule has 0 unspecified atom stereocenters. The minimum atomic E-state index is -4.01. The second-order valence-corrected chi connectivity index (χ2v) is 6.47. The first kappa shape index (κ1) is 13.5. The Labute approximate surface area is 119 Å². The van der Waals surface area contributed by atoms with E-state index >= 15 is 0 Å². The monoisotopic (exact) mass is 316 g/mol. The van der Waals surface area contributed by atoms with Gasteiger partial charge in [-0.3, -0.25) is 4.57 Å². The average Bonchev–Trinajstić information content (AvgIpc) is 3.07. The Morgan fingerprint density at radius 2 is 2.05 bits per heavy atom. The molecule has 2 aromatic rings. The summed E-state index contributed by atoms with van der Waals surface area (Å²) in [5.74, 6) is -0.446. The number of halogens is 2. The van der Waals surface area contributed by atoms with Crippen LogP contribution in [-0.2, 0) is 10.0 Å². The maximum Gasteiger partial charge on any atom is 0.273 e. The predicted octanol–water partition coefficient (Wildman–Crippen LogP) is 1.72. The van der Waals surface area contributed by atoms with Gasteiger partial charge >= 0.3 is 0 Å². The van der Waals surface area contributed by atoms with Crippen molar-refractivity contribution in [1.82, 2.24) is 14.8 Å². The number of hydrogen-bond donors (Lipinski definition) is 1. The fourth-order valence-electron chi connectivity index (χ4n) is 1.99. The van der Waals surface area contributed by atoms with Gasteiger partial charge in [0.1, 0.15) is 5.82 Å². The van der Waals surface area contributed by atoms with Crippen molar-refractivity contribution >= 4 is 21.6 Å². The molecule has 0 spiro atoms. The lowest BCUT2D eigenvalue weighted by molar-refractivity contribution is 0.566. The molecule has 20 heavy (non-hydrogen) atoms. The first-order chi connectivity index (χ1) is 9.38. The summed E-state index contributed by atoms with van der Waals surface area (Å²) in [5.41, 5.74) is 0.142. The molecule has 1 aliphatic carbocycles. The lowest BCUT2D eigenvalue weighted by Crippen LogP contribution is -2.18. The largest absolute Gasteiger partial charge is 0.294 e. The van der Waals surface area contributed by atoms with Crippen LogP contribution in [0, 0.1) is 5.82 Å². The van der Waals surface area contributed by atoms with E-state index < -0.39 is 15.8 Å². The molecule has 9 heteroatoms. The Kier molecular flexibility index (Phi) is 3.03. The summed E-state index contributed by atoms with van der Waals surface area (Å²) in [4.78, 5) is 0. The summed E-state index contributed by atoms with van der Waals surface area (Å²) in [7, 11) is -4.01. The minimum Gasteiger partial charge on any atom is -0.294 e. The molecule has 3 rings (SSSR count). The van der Waals surface area contributed by atoms with E-state index in [0.29, 0.717) is 0 Å². The first-order valence-corrected chi connectivity index (χ1v) is 7.73. The van der Waals surface area contributed by atoms with Crippen LogP contribution in [0.5, 0.6) is 0 Å². The molecule has 1 aromatic carbocycles. The molecule has 1 aliphatic rings. The van der Waals surface area contributed by atoms with Crippen LogP contribution < -0.4 is 5.14 Å². The molecular weight excluding hydrogens is 307 g/mol. The fourth-order valence-corrected chi connectivity index (χ4v) is 2.81. The Morgan fingerprint density at radius 1 is 1.35 bits per heavy atom. The topological polar surface area (TPSA) is 90.9 Å². The van der Waals surface area contributed by atoms with Crippen LogP contribution in [0.3, 0.4) is 0 Å². The van der Waals surface area contributed by atoms with Gasteiger partial charge in [-0.15, -0.1) is 10.2 Å². The highest BCUT2D eigenvalue weighted by Crippen LogP contribution is 2.40. The van der Waals surface area contributed by atoms with Crippen LogP contribution in [0.4, 0.5) is 4.39 Å². The van der Waals surface area contributed by atoms with E-state index in [1.807, 2.05) is 0 Å². The van der Waals surface area contributed by atoms with Crippen molar-refractivity contribution in [3.05, 3.63) is 29.0 Å². The van der Waals surface area contributed by atoms with Gasteiger partial charge in [-0.1, -0.05) is 11.6 Å². The highest BCUT2D eigenvalue weighted by molar-refractivity contribution is 7.89. The highest BCUT2D eigenvalue weighted by atomic mass is 35.5. The number of sulfonamides is 1. The van der Waals surface area contributed by atoms with E-state index in [0.717, 1.165) is 18.9 Å². The summed E-state index contributed by atoms with van der Waals surface area (Å²) in [6.07, 6.45) is 1.56. The van der Waals surface area contributed by atoms with E-state index in [1.54, 1.807) is 0 Å². The van der Waals surface area contributed by atoms with Gasteiger partial charge in [0.15, 0.2) is 5.82 Å². The van der Waals surface area contributed by atoms with Crippen molar-refractivity contribution in [2.24, 2.45) is 5.14 Å². The third-order valence-electron chi connectivity index (χ3n) is 3.00. The Hall–Kier alpha value is -1.51. The van der Waals surface area contributed by atoms with Gasteiger partial charge in [-0.05, 0) is 31.0 Å². The van der Waals surface area contributed by atoms with Crippen molar-refractivity contribution in [3.63, 3.8) is 0 Å². The van der Waals surface area contributed by atoms with Gasteiger partial charge < -0.3 is 0 Å². The third kappa shape index (κ3) is 2.30. The molecule has 0 amide bonds. The second kappa shape index (κ2) is 4.51. The molecule has 0 aliphatic heterocycles. The number of aromatic nitrogens is 3. The van der Waals surface area contributed by atoms with Crippen molar-refractivity contribution in [3.8, 4) is 11.4 Å². The highest BCUT2D eigenvalue weighted by Gasteiger charge is 2.34. The maximum atomic E-state index is 14.0. The van der Waals surface area contributed by atoms with Gasteiger partial charge in [-0.2, -0.15) is 0 Å². The van der Waals surface area contributed by atoms with Crippen LogP contribution in [0.25, 0.3) is 11.4 Å². The van der Waals surface area contributed by atoms with E-state index in [1.165, 1.54) is 16.7 Å². The number of rotatable bonds is 3. The van der Waals surface area contributed by atoms with Crippen molar-refractivity contribution < 1.29 is 12.8 Å². The molecule has 0 saturated heterocycles. The summed E-state index contributed by atoms with van der Waals surface area (Å²) < 4.78 is 38.4. The standard InChI is InChI=1S/C11H10ClFN4O2S/c12-6-1-4-8(9(13)5-6)10-15-16-11(20(14,18)19)17(10)7-2-3-7/h1,4-5,7H,2-3H2,(H2,14,18,19). The molecule has 1 aromatic heterocycles. The Morgan fingerprint density at radius 3 is 2.60 bits per heavy atom. The lowest BCUT2D eigenvalue weighted by atomic mass is 10.2. The van der Waals surface area contributed by atoms with Gasteiger partial charge in [0.25, 0.3) is 15.2 Å². The Bertz CT molecular complexity index is 786. The van der Waals surface area contributed by atoms with E-state index in [-0.39, 0.29) is 27.6 Å². The number of primary sulfonamides is 1. The quantitative estimate of drug-likeness (QED) is 0.933. The van der Waals surface area contributed by atoms with Gasteiger partial charge in [-0.25, -0.2) is 17.9 Å². The van der Waals surface area contributed by atoms with E-state index in [4.69, 9.17) is 16.7 Å². The van der Waals surface area contributed by atoms with Crippen LogP contribution in [0.2, 0.25) is 5.02 Å². The Balaban J connectivity index is 2.22. The molecule has 1 fully saturated rings. The zero-order valence-corrected chi connectivity index (χ0v) is 11.7. The molecule has 0 radical (unpaired) electrons. The van der Waals surface area contributed by atoms with Crippen LogP contribution in [0.15, 0.2) is 23.4 Å². The summed E-state index contributed by atoms with van der Waals surface area (Å²) in [6, 6.07) is 4.01. The molecule has 0 atom stereocenters. The molecule has 106 valence electrons. The number of hydrogen-bond acceptors (Lipinski definition) is 4. The van der Waals surface area contributed by atoms with Crippen LogP contribution in [-0.4, -0.2) is 23.2 Å². The smallest absolute Gasteiger partial charge is 0.273 e. The van der Waals surface area contributed by atoms with Crippen molar-refractivity contribution in [2.45, 2.75) is 24.0 Å². The van der Waals surface area contributed by atoms with Crippen molar-refractivity contribution in [1.29, 1.82) is 0 Å². The molecule has 6 nitrogen and oxygen atoms in total. The molecule has 1 heterocycles. The minimum absolute atomic E-state index is 0.0663. The number of nitrogens with two attached hydrogens (primary N) is 1. The van der Waals surface area contributed by atoms with Crippen molar-refractivity contribution in [2.75, 3.05) is 0 Å². The molecular formula is C11H10ClFN4O2S. The van der Waals surface area contributed by atoms with Crippen LogP contribution in [0.1, 0.15) is 18.9 Å². The second-order valence-electron chi connectivity index (χ2n) is 4.58. The average molecular weight is 317 g/mol. The van der Waals surface area contributed by atoms with Gasteiger partial charge in [0.2, 0.25) is 0 Å². The number of nitrogens with zero attached hydrogens (tertiary/aromatic N) is 3. The molecule has 2 N–H and O–H groups in total. The van der Waals surface area contributed by atoms with Gasteiger partial charge in [0.05, 0.1) is 5.56 Å². The fraction of sp³-hybridized carbons (Fsp3) is 0.273. The zero-order valence-electron chi connectivity index (χ0n) is 10.1. The summed E-state index contributed by atoms with van der Waals surface area (Å²) in [5, 5.41) is 12.4. The van der Waals surface area contributed by atoms with Gasteiger partial charge in [0, 0.05) is 11.1 Å². The summed E-state index contributed by atoms with van der Waals surface area (Å²) >= 11 is 5.70. The van der Waals surface area contributed by atoms with Crippen LogP contribution >= 0.6 is 11.6 Å². The number of benzene rings is 1. The predicted molar refractivity (Wildman–Crippen MR) is 70.1 cm³/mol. The zero-order chi connectivity index (χ0) is 14.5. The molecule has 0 bridgehead atoms. The SMILES string of the molecule is NS(=O)(=O)c1nnc(-c2ccc(Cl)cc2F)n1C1CC1.